The van der Waals surface area contributed by atoms with E-state index in [4.69, 9.17) is 11.6 Å². The molecular formula is C13H16ClNO. The van der Waals surface area contributed by atoms with Crippen molar-refractivity contribution in [1.82, 2.24) is 4.90 Å². The van der Waals surface area contributed by atoms with Gasteiger partial charge in [-0.2, -0.15) is 0 Å². The van der Waals surface area contributed by atoms with Crippen molar-refractivity contribution in [3.05, 3.63) is 34.3 Å². The van der Waals surface area contributed by atoms with Crippen LogP contribution in [0, 0.1) is 6.92 Å². The number of halogens is 1. The summed E-state index contributed by atoms with van der Waals surface area (Å²) < 4.78 is 0. The Hall–Kier alpha value is -0.860. The lowest BCUT2D eigenvalue weighted by Crippen LogP contribution is -2.27. The van der Waals surface area contributed by atoms with Gasteiger partial charge in [0.2, 0.25) is 0 Å². The van der Waals surface area contributed by atoms with Gasteiger partial charge in [0.05, 0.1) is 11.6 Å². The van der Waals surface area contributed by atoms with Crippen LogP contribution in [0.25, 0.3) is 0 Å². The van der Waals surface area contributed by atoms with Gasteiger partial charge in [0, 0.05) is 5.56 Å². The van der Waals surface area contributed by atoms with Crippen LogP contribution in [-0.2, 0) is 0 Å². The van der Waals surface area contributed by atoms with E-state index in [9.17, 15) is 4.79 Å². The molecule has 1 saturated heterocycles. The van der Waals surface area contributed by atoms with E-state index >= 15 is 0 Å². The van der Waals surface area contributed by atoms with Gasteiger partial charge in [-0.25, -0.2) is 0 Å². The minimum Gasteiger partial charge on any atom is -0.296 e. The van der Waals surface area contributed by atoms with Crippen LogP contribution in [0.4, 0.5) is 0 Å². The van der Waals surface area contributed by atoms with E-state index in [1.165, 1.54) is 12.8 Å². The number of nitrogens with zero attached hydrogens (tertiary/aromatic N) is 1. The third-order valence-corrected chi connectivity index (χ3v) is 3.32. The number of aryl methyl sites for hydroxylation is 1. The molecule has 1 aliphatic heterocycles. The van der Waals surface area contributed by atoms with Crippen LogP contribution in [0.3, 0.4) is 0 Å². The summed E-state index contributed by atoms with van der Waals surface area (Å²) in [5.74, 6) is 0.135. The predicted molar refractivity (Wildman–Crippen MR) is 66.2 cm³/mol. The summed E-state index contributed by atoms with van der Waals surface area (Å²) in [7, 11) is 0. The van der Waals surface area contributed by atoms with Crippen molar-refractivity contribution in [1.29, 1.82) is 0 Å². The molecule has 0 aromatic heterocycles. The molecule has 0 atom stereocenters. The average molecular weight is 238 g/mol. The second kappa shape index (κ2) is 4.98. The molecule has 0 amide bonds. The molecule has 2 rings (SSSR count). The van der Waals surface area contributed by atoms with Crippen LogP contribution in [0.1, 0.15) is 28.8 Å². The van der Waals surface area contributed by atoms with Crippen LogP contribution in [0.2, 0.25) is 5.02 Å². The molecule has 1 aromatic carbocycles. The van der Waals surface area contributed by atoms with Gasteiger partial charge >= 0.3 is 0 Å². The number of rotatable bonds is 3. The highest BCUT2D eigenvalue weighted by Gasteiger charge is 2.17. The minimum absolute atomic E-state index is 0.135. The van der Waals surface area contributed by atoms with Gasteiger partial charge in [-0.1, -0.05) is 23.2 Å². The van der Waals surface area contributed by atoms with E-state index in [2.05, 4.69) is 4.90 Å². The van der Waals surface area contributed by atoms with E-state index in [-0.39, 0.29) is 5.78 Å². The van der Waals surface area contributed by atoms with Gasteiger partial charge in [-0.15, -0.1) is 0 Å². The Morgan fingerprint density at radius 3 is 2.75 bits per heavy atom. The van der Waals surface area contributed by atoms with Crippen LogP contribution in [0.15, 0.2) is 18.2 Å². The Kier molecular flexibility index (Phi) is 3.62. The van der Waals surface area contributed by atoms with E-state index in [0.717, 1.165) is 18.7 Å². The highest BCUT2D eigenvalue weighted by Crippen LogP contribution is 2.19. The Bertz CT molecular complexity index is 397. The molecule has 0 N–H and O–H groups in total. The molecule has 16 heavy (non-hydrogen) atoms. The monoisotopic (exact) mass is 237 g/mol. The van der Waals surface area contributed by atoms with Crippen LogP contribution >= 0.6 is 11.6 Å². The maximum absolute atomic E-state index is 12.0. The number of carbonyl (C=O) groups excluding carboxylic acids is 1. The van der Waals surface area contributed by atoms with Crippen molar-refractivity contribution in [3.63, 3.8) is 0 Å². The zero-order chi connectivity index (χ0) is 11.5. The molecule has 1 aromatic rings. The molecule has 0 saturated carbocycles. The molecule has 1 heterocycles. The first-order chi connectivity index (χ1) is 7.66. The first-order valence-corrected chi connectivity index (χ1v) is 6.06. The third kappa shape index (κ3) is 2.63. The topological polar surface area (TPSA) is 20.3 Å². The number of hydrogen-bond acceptors (Lipinski definition) is 2. The minimum atomic E-state index is 0.135. The molecule has 0 bridgehead atoms. The van der Waals surface area contributed by atoms with E-state index in [1.54, 1.807) is 6.07 Å². The number of Topliss-reactive ketones (excluding diaryl/α,β-unsaturated/α-hetero) is 1. The van der Waals surface area contributed by atoms with Gasteiger partial charge < -0.3 is 0 Å². The molecule has 1 fully saturated rings. The standard InChI is InChI=1S/C13H16ClNO/c1-10-4-5-12(14)11(8-10)13(16)9-15-6-2-3-7-15/h4-5,8H,2-3,6-7,9H2,1H3. The third-order valence-electron chi connectivity index (χ3n) is 2.99. The van der Waals surface area contributed by atoms with Gasteiger partial charge in [-0.3, -0.25) is 9.69 Å². The molecule has 0 unspecified atom stereocenters. The Morgan fingerprint density at radius 1 is 1.38 bits per heavy atom. The fraction of sp³-hybridized carbons (Fsp3) is 0.462. The highest BCUT2D eigenvalue weighted by molar-refractivity contribution is 6.34. The molecule has 1 aliphatic rings. The molecule has 0 radical (unpaired) electrons. The lowest BCUT2D eigenvalue weighted by molar-refractivity contribution is 0.0945. The van der Waals surface area contributed by atoms with E-state index in [1.807, 2.05) is 19.1 Å². The number of benzene rings is 1. The van der Waals surface area contributed by atoms with Crippen LogP contribution < -0.4 is 0 Å². The predicted octanol–water partition coefficient (Wildman–Crippen LogP) is 2.93. The second-order valence-electron chi connectivity index (χ2n) is 4.39. The normalized spacial score (nSPS) is 16.6. The van der Waals surface area contributed by atoms with Gasteiger partial charge in [0.15, 0.2) is 5.78 Å². The summed E-state index contributed by atoms with van der Waals surface area (Å²) in [6.45, 7) is 4.55. The first kappa shape index (κ1) is 11.6. The lowest BCUT2D eigenvalue weighted by atomic mass is 10.1. The Labute approximate surface area is 101 Å². The zero-order valence-corrected chi connectivity index (χ0v) is 10.3. The van der Waals surface area contributed by atoms with Gasteiger partial charge in [0.25, 0.3) is 0 Å². The maximum atomic E-state index is 12.0. The Morgan fingerprint density at radius 2 is 2.06 bits per heavy atom. The SMILES string of the molecule is Cc1ccc(Cl)c(C(=O)CN2CCCC2)c1. The quantitative estimate of drug-likeness (QED) is 0.754. The number of hydrogen-bond donors (Lipinski definition) is 0. The van der Waals surface area contributed by atoms with Crippen molar-refractivity contribution >= 4 is 17.4 Å². The first-order valence-electron chi connectivity index (χ1n) is 5.68. The summed E-state index contributed by atoms with van der Waals surface area (Å²) in [4.78, 5) is 14.2. The molecular weight excluding hydrogens is 222 g/mol. The number of likely N-dealkylation sites (tertiary alicyclic amines) is 1. The van der Waals surface area contributed by atoms with Crippen molar-refractivity contribution in [2.45, 2.75) is 19.8 Å². The molecule has 0 spiro atoms. The van der Waals surface area contributed by atoms with Crippen LogP contribution in [-0.4, -0.2) is 30.3 Å². The fourth-order valence-corrected chi connectivity index (χ4v) is 2.30. The highest BCUT2D eigenvalue weighted by atomic mass is 35.5. The molecule has 2 nitrogen and oxygen atoms in total. The largest absolute Gasteiger partial charge is 0.296 e. The van der Waals surface area contributed by atoms with E-state index in [0.29, 0.717) is 17.1 Å². The maximum Gasteiger partial charge on any atom is 0.178 e. The summed E-state index contributed by atoms with van der Waals surface area (Å²) in [6, 6.07) is 5.60. The second-order valence-corrected chi connectivity index (χ2v) is 4.80. The lowest BCUT2D eigenvalue weighted by Gasteiger charge is -2.14. The van der Waals surface area contributed by atoms with Crippen molar-refractivity contribution in [2.75, 3.05) is 19.6 Å². The van der Waals surface area contributed by atoms with Crippen molar-refractivity contribution < 1.29 is 4.79 Å². The molecule has 3 heteroatoms. The zero-order valence-electron chi connectivity index (χ0n) is 9.50. The van der Waals surface area contributed by atoms with E-state index < -0.39 is 0 Å². The smallest absolute Gasteiger partial charge is 0.178 e. The van der Waals surface area contributed by atoms with Crippen LogP contribution in [0.5, 0.6) is 0 Å². The van der Waals surface area contributed by atoms with Crippen molar-refractivity contribution in [2.24, 2.45) is 0 Å². The summed E-state index contributed by atoms with van der Waals surface area (Å²) in [5, 5.41) is 0.565. The Balaban J connectivity index is 2.10. The average Bonchev–Trinajstić information content (AvgIpc) is 2.74. The summed E-state index contributed by atoms with van der Waals surface area (Å²) in [6.07, 6.45) is 2.41. The van der Waals surface area contributed by atoms with Gasteiger partial charge in [0.1, 0.15) is 0 Å². The van der Waals surface area contributed by atoms with Crippen molar-refractivity contribution in [3.8, 4) is 0 Å². The number of carbonyl (C=O) groups is 1. The molecule has 86 valence electrons. The van der Waals surface area contributed by atoms with Gasteiger partial charge in [-0.05, 0) is 45.0 Å². The molecule has 0 aliphatic carbocycles. The fourth-order valence-electron chi connectivity index (χ4n) is 2.08. The number of ketones is 1. The summed E-state index contributed by atoms with van der Waals surface area (Å²) >= 11 is 6.04. The summed E-state index contributed by atoms with van der Waals surface area (Å²) in [5.41, 5.74) is 1.74.